The molecule has 0 unspecified atom stereocenters. The Hall–Kier alpha value is -2.54. The lowest BCUT2D eigenvalue weighted by atomic mass is 10.3. The lowest BCUT2D eigenvalue weighted by Gasteiger charge is -2.21. The number of carbonyl (C=O) groups excluding carboxylic acids is 1. The predicted molar refractivity (Wildman–Crippen MR) is 77.5 cm³/mol. The first-order chi connectivity index (χ1) is 9.50. The van der Waals surface area contributed by atoms with Crippen LogP contribution in [0.4, 0.5) is 16.2 Å². The van der Waals surface area contributed by atoms with Gasteiger partial charge in [0, 0.05) is 0 Å². The molecule has 2 aromatic carbocycles. The Bertz CT molecular complexity index is 687. The molecule has 6 nitrogen and oxygen atoms in total. The molecular formula is C13H13N3O3S. The van der Waals surface area contributed by atoms with Crippen LogP contribution in [0.1, 0.15) is 0 Å². The van der Waals surface area contributed by atoms with Gasteiger partial charge in [-0.05, 0) is 24.3 Å². The van der Waals surface area contributed by atoms with E-state index < -0.39 is 16.2 Å². The molecule has 0 spiro atoms. The number of benzene rings is 2. The molecule has 104 valence electrons. The van der Waals surface area contributed by atoms with Gasteiger partial charge >= 0.3 is 16.2 Å². The number of hydrogen-bond donors (Lipinski definition) is 2. The summed E-state index contributed by atoms with van der Waals surface area (Å²) >= 11 is 0. The summed E-state index contributed by atoms with van der Waals surface area (Å²) in [5, 5.41) is 0. The number of primary amides is 1. The van der Waals surface area contributed by atoms with E-state index >= 15 is 0 Å². The fraction of sp³-hybridized carbons (Fsp3) is 0. The van der Waals surface area contributed by atoms with Crippen molar-refractivity contribution in [3.63, 3.8) is 0 Å². The van der Waals surface area contributed by atoms with E-state index in [4.69, 9.17) is 5.73 Å². The second kappa shape index (κ2) is 5.62. The summed E-state index contributed by atoms with van der Waals surface area (Å²) in [6.45, 7) is 0. The molecule has 0 saturated heterocycles. The van der Waals surface area contributed by atoms with Crippen LogP contribution < -0.4 is 14.8 Å². The smallest absolute Gasteiger partial charge is 0.334 e. The number of amides is 2. The molecule has 0 atom stereocenters. The van der Waals surface area contributed by atoms with Crippen molar-refractivity contribution in [3.8, 4) is 0 Å². The first-order valence-electron chi connectivity index (χ1n) is 5.73. The molecule has 2 aromatic rings. The van der Waals surface area contributed by atoms with Crippen molar-refractivity contribution in [2.75, 3.05) is 9.03 Å². The van der Waals surface area contributed by atoms with Crippen molar-refractivity contribution < 1.29 is 13.2 Å². The van der Waals surface area contributed by atoms with Crippen LogP contribution in [0.25, 0.3) is 0 Å². The first kappa shape index (κ1) is 13.9. The third-order valence-electron chi connectivity index (χ3n) is 2.45. The van der Waals surface area contributed by atoms with Crippen molar-refractivity contribution in [2.45, 2.75) is 0 Å². The summed E-state index contributed by atoms with van der Waals surface area (Å²) in [7, 11) is -4.12. The first-order valence-corrected chi connectivity index (χ1v) is 7.17. The van der Waals surface area contributed by atoms with Gasteiger partial charge in [-0.2, -0.15) is 12.7 Å². The Balaban J connectivity index is 2.37. The molecule has 0 aromatic heterocycles. The zero-order valence-electron chi connectivity index (χ0n) is 10.4. The number of nitrogens with one attached hydrogen (secondary N) is 1. The number of rotatable bonds is 4. The minimum atomic E-state index is -4.12. The number of anilines is 2. The third kappa shape index (κ3) is 3.07. The summed E-state index contributed by atoms with van der Waals surface area (Å²) in [5.74, 6) is 0. The van der Waals surface area contributed by atoms with Crippen LogP contribution in [0.15, 0.2) is 60.7 Å². The topological polar surface area (TPSA) is 92.5 Å². The van der Waals surface area contributed by atoms with E-state index in [1.54, 1.807) is 48.5 Å². The van der Waals surface area contributed by atoms with E-state index in [9.17, 15) is 13.2 Å². The highest BCUT2D eigenvalue weighted by molar-refractivity contribution is 7.94. The Morgan fingerprint density at radius 1 is 0.950 bits per heavy atom. The minimum Gasteiger partial charge on any atom is -0.350 e. The van der Waals surface area contributed by atoms with Crippen molar-refractivity contribution in [1.82, 2.24) is 0 Å². The van der Waals surface area contributed by atoms with Gasteiger partial charge in [0.2, 0.25) is 0 Å². The molecule has 0 heterocycles. The lowest BCUT2D eigenvalue weighted by Crippen LogP contribution is -2.44. The quantitative estimate of drug-likeness (QED) is 0.901. The molecule has 0 bridgehead atoms. The Labute approximate surface area is 117 Å². The summed E-state index contributed by atoms with van der Waals surface area (Å²) in [6, 6.07) is 15.1. The highest BCUT2D eigenvalue weighted by Crippen LogP contribution is 2.19. The zero-order valence-corrected chi connectivity index (χ0v) is 11.2. The number of urea groups is 1. The molecule has 0 aliphatic heterocycles. The van der Waals surface area contributed by atoms with E-state index in [1.165, 1.54) is 12.1 Å². The van der Waals surface area contributed by atoms with Crippen molar-refractivity contribution in [2.24, 2.45) is 5.73 Å². The normalized spacial score (nSPS) is 10.8. The summed E-state index contributed by atoms with van der Waals surface area (Å²) in [6.07, 6.45) is 0. The second-order valence-electron chi connectivity index (χ2n) is 3.91. The third-order valence-corrected chi connectivity index (χ3v) is 3.82. The predicted octanol–water partition coefficient (Wildman–Crippen LogP) is 1.93. The average Bonchev–Trinajstić information content (AvgIpc) is 2.39. The molecule has 2 rings (SSSR count). The molecular weight excluding hydrogens is 278 g/mol. The van der Waals surface area contributed by atoms with Crippen LogP contribution >= 0.6 is 0 Å². The van der Waals surface area contributed by atoms with Crippen LogP contribution in [0.2, 0.25) is 0 Å². The standard InChI is InChI=1S/C13H13N3O3S/c14-13(17)16(12-9-5-2-6-10-12)20(18,19)15-11-7-3-1-4-8-11/h1-10,15H,(H2,14,17). The average molecular weight is 291 g/mol. The van der Waals surface area contributed by atoms with Crippen molar-refractivity contribution in [3.05, 3.63) is 60.7 Å². The molecule has 7 heteroatoms. The van der Waals surface area contributed by atoms with Gasteiger partial charge < -0.3 is 5.73 Å². The highest BCUT2D eigenvalue weighted by Gasteiger charge is 2.27. The molecule has 0 aliphatic carbocycles. The summed E-state index contributed by atoms with van der Waals surface area (Å²) < 4.78 is 27.3. The minimum absolute atomic E-state index is 0.170. The van der Waals surface area contributed by atoms with Gasteiger partial charge in [0.1, 0.15) is 0 Å². The van der Waals surface area contributed by atoms with Gasteiger partial charge in [-0.1, -0.05) is 36.4 Å². The fourth-order valence-electron chi connectivity index (χ4n) is 1.65. The van der Waals surface area contributed by atoms with E-state index in [0.29, 0.717) is 9.99 Å². The monoisotopic (exact) mass is 291 g/mol. The molecule has 2 amide bonds. The summed E-state index contributed by atoms with van der Waals surface area (Å²) in [5.41, 5.74) is 5.69. The lowest BCUT2D eigenvalue weighted by molar-refractivity contribution is 0.257. The Kier molecular flexibility index (Phi) is 3.90. The van der Waals surface area contributed by atoms with Crippen LogP contribution in [-0.4, -0.2) is 14.4 Å². The zero-order chi connectivity index (χ0) is 14.6. The van der Waals surface area contributed by atoms with Gasteiger partial charge in [0.25, 0.3) is 0 Å². The van der Waals surface area contributed by atoms with Crippen LogP contribution in [0.5, 0.6) is 0 Å². The molecule has 20 heavy (non-hydrogen) atoms. The van der Waals surface area contributed by atoms with Crippen LogP contribution in [0.3, 0.4) is 0 Å². The number of para-hydroxylation sites is 2. The van der Waals surface area contributed by atoms with E-state index in [0.717, 1.165) is 0 Å². The SMILES string of the molecule is NC(=O)N(c1ccccc1)S(=O)(=O)Nc1ccccc1. The largest absolute Gasteiger partial charge is 0.350 e. The number of nitrogens with zero attached hydrogens (tertiary/aromatic N) is 1. The fourth-order valence-corrected chi connectivity index (χ4v) is 2.81. The maximum atomic E-state index is 12.3. The van der Waals surface area contributed by atoms with Crippen molar-refractivity contribution in [1.29, 1.82) is 0 Å². The van der Waals surface area contributed by atoms with Gasteiger partial charge in [0.15, 0.2) is 0 Å². The van der Waals surface area contributed by atoms with Crippen molar-refractivity contribution >= 4 is 27.6 Å². The Morgan fingerprint density at radius 2 is 1.45 bits per heavy atom. The second-order valence-corrected chi connectivity index (χ2v) is 5.43. The summed E-state index contributed by atoms with van der Waals surface area (Å²) in [4.78, 5) is 11.5. The number of hydrogen-bond acceptors (Lipinski definition) is 3. The molecule has 0 aliphatic rings. The number of nitrogens with two attached hydrogens (primary N) is 1. The van der Waals surface area contributed by atoms with Crippen LogP contribution in [-0.2, 0) is 10.2 Å². The molecule has 0 saturated carbocycles. The van der Waals surface area contributed by atoms with Gasteiger partial charge in [-0.25, -0.2) is 4.79 Å². The highest BCUT2D eigenvalue weighted by atomic mass is 32.2. The molecule has 3 N–H and O–H groups in total. The van der Waals surface area contributed by atoms with E-state index in [2.05, 4.69) is 4.72 Å². The van der Waals surface area contributed by atoms with E-state index in [-0.39, 0.29) is 5.69 Å². The maximum absolute atomic E-state index is 12.3. The molecule has 0 fully saturated rings. The van der Waals surface area contributed by atoms with Crippen LogP contribution in [0, 0.1) is 0 Å². The van der Waals surface area contributed by atoms with Gasteiger partial charge in [-0.15, -0.1) is 0 Å². The molecule has 0 radical (unpaired) electrons. The Morgan fingerprint density at radius 3 is 1.95 bits per heavy atom. The number of carbonyl (C=O) groups is 1. The van der Waals surface area contributed by atoms with Gasteiger partial charge in [0.05, 0.1) is 11.4 Å². The van der Waals surface area contributed by atoms with Gasteiger partial charge in [-0.3, -0.25) is 4.72 Å². The van der Waals surface area contributed by atoms with E-state index in [1.807, 2.05) is 0 Å². The maximum Gasteiger partial charge on any atom is 0.334 e.